The molecule has 4 N–H and O–H groups in total. The largest absolute Gasteiger partial charge is 2.00 e. The van der Waals surface area contributed by atoms with Crippen molar-refractivity contribution in [3.8, 4) is 0 Å². The minimum atomic E-state index is 0. The zero-order valence-electron chi connectivity index (χ0n) is 28.1. The number of rotatable bonds is 4. The fourth-order valence-electron chi connectivity index (χ4n) is 5.42. The van der Waals surface area contributed by atoms with Crippen LogP contribution in [0.25, 0.3) is 0 Å². The normalized spacial score (nSPS) is 14.1. The molecule has 0 atom stereocenters. The van der Waals surface area contributed by atoms with Crippen molar-refractivity contribution in [2.75, 3.05) is 21.3 Å². The first-order valence-corrected chi connectivity index (χ1v) is 19.2. The van der Waals surface area contributed by atoms with Gasteiger partial charge in [0.05, 0.1) is 42.3 Å². The van der Waals surface area contributed by atoms with E-state index in [9.17, 15) is 0 Å². The molecular formula is C38H26Cl2CoN10S4. The topological polar surface area (TPSA) is 123 Å². The third-order valence-electron chi connectivity index (χ3n) is 7.97. The minimum Gasteiger partial charge on any atom is -1.00 e. The number of aromatic nitrogens is 2. The van der Waals surface area contributed by atoms with Crippen LogP contribution >= 0.6 is 47.8 Å². The Kier molecular flexibility index (Phi) is 13.5. The predicted octanol–water partition coefficient (Wildman–Crippen LogP) is 3.69. The van der Waals surface area contributed by atoms with Crippen LogP contribution < -0.4 is 46.1 Å². The quantitative estimate of drug-likeness (QED) is 0.195. The van der Waals surface area contributed by atoms with Crippen LogP contribution in [0, 0.1) is 0 Å². The Morgan fingerprint density at radius 3 is 0.800 bits per heavy atom. The van der Waals surface area contributed by atoms with Gasteiger partial charge in [-0.05, 0) is 72.8 Å². The van der Waals surface area contributed by atoms with Crippen LogP contribution in [0.3, 0.4) is 0 Å². The van der Waals surface area contributed by atoms with Gasteiger partial charge in [-0.1, -0.05) is 60.7 Å². The van der Waals surface area contributed by atoms with Crippen LogP contribution in [0.5, 0.6) is 0 Å². The minimum absolute atomic E-state index is 0. The molecule has 6 heterocycles. The van der Waals surface area contributed by atoms with Gasteiger partial charge in [-0.25, -0.2) is 9.97 Å². The molecule has 6 aromatic rings. The number of halogens is 2. The summed E-state index contributed by atoms with van der Waals surface area (Å²) in [5.74, 6) is 3.00. The van der Waals surface area contributed by atoms with Crippen molar-refractivity contribution in [3.63, 3.8) is 0 Å². The van der Waals surface area contributed by atoms with Gasteiger partial charge >= 0.3 is 16.8 Å². The average molecular weight is 881 g/mol. The number of amidine groups is 4. The molecule has 10 rings (SSSR count). The summed E-state index contributed by atoms with van der Waals surface area (Å²) in [6.45, 7) is 0. The summed E-state index contributed by atoms with van der Waals surface area (Å²) in [5, 5.41) is 13.4. The average Bonchev–Trinajstić information content (AvgIpc) is 3.23. The maximum absolute atomic E-state index is 4.75. The number of hydrogen-bond donors (Lipinski definition) is 4. The molecule has 0 amide bonds. The van der Waals surface area contributed by atoms with Gasteiger partial charge in [-0.2, -0.15) is 17.6 Å². The maximum atomic E-state index is 4.75. The van der Waals surface area contributed by atoms with Gasteiger partial charge in [0.1, 0.15) is 22.8 Å². The summed E-state index contributed by atoms with van der Waals surface area (Å²) >= 11 is 5.84. The van der Waals surface area contributed by atoms with E-state index >= 15 is 0 Å². The first kappa shape index (κ1) is 40.2. The van der Waals surface area contributed by atoms with E-state index in [-0.39, 0.29) is 41.6 Å². The van der Waals surface area contributed by atoms with E-state index in [4.69, 9.17) is 9.97 Å². The standard InChI is InChI=1S/2C19H13N5S2.2ClH.Co/c2*1-3-10-16-12(6-1)21-18(23-25-16)14-8-5-9-15(20-14)19-22-13-7-2-4-11-17(13)26-24-19;;;/h2*1-11H,(H,21,23)(H,22,24);2*1H;/q;;;;+2/p-2. The number of para-hydroxylation sites is 4. The fraction of sp³-hybridized carbons (Fsp3) is 0. The zero-order chi connectivity index (χ0) is 34.7. The summed E-state index contributed by atoms with van der Waals surface area (Å²) in [6, 6.07) is 44.2. The molecular weight excluding hydrogens is 855 g/mol. The number of hydrogen-bond acceptors (Lipinski definition) is 14. The third kappa shape index (κ3) is 9.00. The van der Waals surface area contributed by atoms with Crippen molar-refractivity contribution in [2.45, 2.75) is 19.6 Å². The SMILES string of the molecule is [Cl-].[Cl-].[Co+2].c1cc(C2=NSc3ccccc3N2)nc(C2=NSc3ccccc3N2)c1.c1cc(C2=NSc3ccccc3N2)nc(C2=NSc3ccccc3N2)c1. The molecule has 0 saturated carbocycles. The Morgan fingerprint density at radius 2 is 0.545 bits per heavy atom. The number of nitrogens with zero attached hydrogens (tertiary/aromatic N) is 6. The van der Waals surface area contributed by atoms with Gasteiger partial charge in [0.25, 0.3) is 0 Å². The van der Waals surface area contributed by atoms with Crippen LogP contribution in [0.4, 0.5) is 22.7 Å². The Balaban J connectivity index is 0.000000177. The summed E-state index contributed by atoms with van der Waals surface area (Å²) in [5.41, 5.74) is 7.35. The van der Waals surface area contributed by atoms with E-state index in [0.717, 1.165) is 88.4 Å². The molecule has 2 aromatic heterocycles. The van der Waals surface area contributed by atoms with Crippen molar-refractivity contribution in [1.82, 2.24) is 9.97 Å². The van der Waals surface area contributed by atoms with Crippen molar-refractivity contribution >= 4 is 93.9 Å². The van der Waals surface area contributed by atoms with E-state index < -0.39 is 0 Å². The molecule has 10 nitrogen and oxygen atoms in total. The maximum Gasteiger partial charge on any atom is 2.00 e. The number of benzene rings is 4. The Labute approximate surface area is 357 Å². The van der Waals surface area contributed by atoms with Crippen LogP contribution in [-0.2, 0) is 16.8 Å². The molecule has 0 saturated heterocycles. The van der Waals surface area contributed by atoms with Gasteiger partial charge in [0, 0.05) is 47.8 Å². The van der Waals surface area contributed by atoms with Crippen molar-refractivity contribution in [2.24, 2.45) is 17.6 Å². The Morgan fingerprint density at radius 1 is 0.309 bits per heavy atom. The second-order valence-corrected chi connectivity index (χ2v) is 14.6. The molecule has 4 aliphatic heterocycles. The first-order valence-electron chi connectivity index (χ1n) is 16.1. The molecule has 4 aliphatic rings. The van der Waals surface area contributed by atoms with Gasteiger partial charge in [0.2, 0.25) is 0 Å². The number of pyridine rings is 2. The summed E-state index contributed by atoms with van der Waals surface area (Å²) in [4.78, 5) is 13.9. The van der Waals surface area contributed by atoms with Crippen molar-refractivity contribution in [3.05, 3.63) is 156 Å². The second-order valence-electron chi connectivity index (χ2n) is 11.4. The molecule has 1 radical (unpaired) electrons. The van der Waals surface area contributed by atoms with Crippen LogP contribution in [0.2, 0.25) is 0 Å². The van der Waals surface area contributed by atoms with E-state index in [1.807, 2.05) is 133 Å². The molecule has 0 aliphatic carbocycles. The van der Waals surface area contributed by atoms with Crippen LogP contribution in [0.15, 0.2) is 171 Å². The Hall–Kier alpha value is -4.45. The van der Waals surface area contributed by atoms with Gasteiger partial charge in [0.15, 0.2) is 23.3 Å². The van der Waals surface area contributed by atoms with Crippen molar-refractivity contribution in [1.29, 1.82) is 0 Å². The molecule has 0 bridgehead atoms. The molecule has 0 unspecified atom stereocenters. The molecule has 0 fully saturated rings. The number of nitrogens with one attached hydrogen (secondary N) is 4. The number of fused-ring (bicyclic) bond motifs is 4. The van der Waals surface area contributed by atoms with E-state index in [0.29, 0.717) is 0 Å². The monoisotopic (exact) mass is 879 g/mol. The molecule has 0 spiro atoms. The van der Waals surface area contributed by atoms with Crippen LogP contribution in [-0.4, -0.2) is 33.3 Å². The summed E-state index contributed by atoms with van der Waals surface area (Å²) < 4.78 is 18.2. The molecule has 17 heteroatoms. The predicted molar refractivity (Wildman–Crippen MR) is 218 cm³/mol. The molecule has 4 aromatic carbocycles. The van der Waals surface area contributed by atoms with Gasteiger partial charge in [-0.3, -0.25) is 0 Å². The summed E-state index contributed by atoms with van der Waals surface area (Å²) in [6.07, 6.45) is 0. The molecule has 55 heavy (non-hydrogen) atoms. The third-order valence-corrected chi connectivity index (χ3v) is 11.3. The van der Waals surface area contributed by atoms with Crippen LogP contribution in [0.1, 0.15) is 22.8 Å². The van der Waals surface area contributed by atoms with E-state index in [2.05, 4.69) is 38.9 Å². The van der Waals surface area contributed by atoms with E-state index in [1.54, 1.807) is 0 Å². The smallest absolute Gasteiger partial charge is 1.00 e. The van der Waals surface area contributed by atoms with E-state index in [1.165, 1.54) is 47.8 Å². The first-order chi connectivity index (χ1) is 25.7. The van der Waals surface area contributed by atoms with Gasteiger partial charge in [-0.15, -0.1) is 0 Å². The zero-order valence-corrected chi connectivity index (χ0v) is 33.9. The number of anilines is 4. The second kappa shape index (κ2) is 18.5. The van der Waals surface area contributed by atoms with Crippen molar-refractivity contribution < 1.29 is 41.6 Å². The summed E-state index contributed by atoms with van der Waals surface area (Å²) in [7, 11) is 0. The molecule has 275 valence electrons. The Bertz CT molecular complexity index is 2150. The fourth-order valence-corrected chi connectivity index (χ4v) is 8.16. The van der Waals surface area contributed by atoms with Gasteiger partial charge < -0.3 is 46.1 Å².